The number of sulfonamides is 1. The monoisotopic (exact) mass is 351 g/mol. The standard InChI is InChI=1S/C17H25N3O3S/c21-17(19-12-15-8-4-10-18-15)13-5-3-9-16(11-13)24(22,23)20-14-6-1-2-7-14/h3,5,9,11,14-15,18,20H,1-2,4,6-8,10,12H2,(H,19,21). The summed E-state index contributed by atoms with van der Waals surface area (Å²) in [7, 11) is -3.57. The summed E-state index contributed by atoms with van der Waals surface area (Å²) in [4.78, 5) is 12.4. The van der Waals surface area contributed by atoms with E-state index < -0.39 is 10.0 Å². The van der Waals surface area contributed by atoms with E-state index in [9.17, 15) is 13.2 Å². The molecule has 2 aliphatic rings. The fourth-order valence-corrected chi connectivity index (χ4v) is 4.73. The molecule has 1 atom stereocenters. The Hall–Kier alpha value is -1.44. The molecule has 1 aliphatic heterocycles. The molecule has 1 aliphatic carbocycles. The molecule has 1 aromatic carbocycles. The van der Waals surface area contributed by atoms with Crippen LogP contribution in [0.3, 0.4) is 0 Å². The molecule has 1 saturated carbocycles. The molecule has 3 rings (SSSR count). The van der Waals surface area contributed by atoms with Crippen LogP contribution in [0, 0.1) is 0 Å². The maximum atomic E-state index is 12.5. The van der Waals surface area contributed by atoms with E-state index >= 15 is 0 Å². The Morgan fingerprint density at radius 1 is 1.17 bits per heavy atom. The Labute approximate surface area is 143 Å². The van der Waals surface area contributed by atoms with Crippen LogP contribution in [0.4, 0.5) is 0 Å². The molecule has 1 amide bonds. The van der Waals surface area contributed by atoms with E-state index in [0.29, 0.717) is 18.2 Å². The zero-order chi connectivity index (χ0) is 17.0. The van der Waals surface area contributed by atoms with Gasteiger partial charge in [-0.1, -0.05) is 18.9 Å². The number of carbonyl (C=O) groups is 1. The summed E-state index contributed by atoms with van der Waals surface area (Å²) < 4.78 is 27.7. The molecule has 0 spiro atoms. The Morgan fingerprint density at radius 2 is 1.96 bits per heavy atom. The number of hydrogen-bond donors (Lipinski definition) is 3. The van der Waals surface area contributed by atoms with Crippen molar-refractivity contribution < 1.29 is 13.2 Å². The van der Waals surface area contributed by atoms with Crippen molar-refractivity contribution >= 4 is 15.9 Å². The lowest BCUT2D eigenvalue weighted by Crippen LogP contribution is -2.37. The Kier molecular flexibility index (Phi) is 5.53. The van der Waals surface area contributed by atoms with Gasteiger partial charge < -0.3 is 10.6 Å². The first-order chi connectivity index (χ1) is 11.5. The van der Waals surface area contributed by atoms with E-state index in [1.54, 1.807) is 12.1 Å². The fourth-order valence-electron chi connectivity index (χ4n) is 3.38. The molecule has 24 heavy (non-hydrogen) atoms. The largest absolute Gasteiger partial charge is 0.350 e. The van der Waals surface area contributed by atoms with Gasteiger partial charge in [0.2, 0.25) is 10.0 Å². The lowest BCUT2D eigenvalue weighted by Gasteiger charge is -2.14. The minimum absolute atomic E-state index is 0.0147. The van der Waals surface area contributed by atoms with Gasteiger partial charge in [-0.3, -0.25) is 4.79 Å². The molecule has 7 heteroatoms. The van der Waals surface area contributed by atoms with Crippen LogP contribution in [0.2, 0.25) is 0 Å². The second-order valence-corrected chi connectivity index (χ2v) is 8.35. The van der Waals surface area contributed by atoms with Gasteiger partial charge in [-0.25, -0.2) is 13.1 Å². The zero-order valence-corrected chi connectivity index (χ0v) is 14.6. The molecule has 0 radical (unpaired) electrons. The van der Waals surface area contributed by atoms with Crippen molar-refractivity contribution in [1.29, 1.82) is 0 Å². The van der Waals surface area contributed by atoms with Gasteiger partial charge in [0.25, 0.3) is 5.91 Å². The average molecular weight is 351 g/mol. The smallest absolute Gasteiger partial charge is 0.251 e. The van der Waals surface area contributed by atoms with Crippen LogP contribution in [0.1, 0.15) is 48.9 Å². The number of hydrogen-bond acceptors (Lipinski definition) is 4. The molecule has 1 aromatic rings. The first-order valence-corrected chi connectivity index (χ1v) is 10.2. The van der Waals surface area contributed by atoms with Crippen LogP contribution in [0.25, 0.3) is 0 Å². The summed E-state index contributed by atoms with van der Waals surface area (Å²) in [5.74, 6) is -0.235. The van der Waals surface area contributed by atoms with Gasteiger partial charge in [-0.05, 0) is 50.4 Å². The lowest BCUT2D eigenvalue weighted by atomic mass is 10.2. The third-order valence-corrected chi connectivity index (χ3v) is 6.27. The minimum atomic E-state index is -3.57. The molecule has 0 aromatic heterocycles. The first kappa shape index (κ1) is 17.4. The highest BCUT2D eigenvalue weighted by atomic mass is 32.2. The van der Waals surface area contributed by atoms with Gasteiger partial charge in [0, 0.05) is 24.2 Å². The predicted molar refractivity (Wildman–Crippen MR) is 92.4 cm³/mol. The molecule has 1 heterocycles. The number of nitrogens with one attached hydrogen (secondary N) is 3. The van der Waals surface area contributed by atoms with E-state index in [-0.39, 0.29) is 16.8 Å². The highest BCUT2D eigenvalue weighted by molar-refractivity contribution is 7.89. The van der Waals surface area contributed by atoms with Crippen LogP contribution in [-0.4, -0.2) is 39.5 Å². The second kappa shape index (κ2) is 7.63. The number of amides is 1. The van der Waals surface area contributed by atoms with Crippen LogP contribution in [0.5, 0.6) is 0 Å². The van der Waals surface area contributed by atoms with Crippen LogP contribution >= 0.6 is 0 Å². The van der Waals surface area contributed by atoms with Crippen molar-refractivity contribution in [1.82, 2.24) is 15.4 Å². The van der Waals surface area contributed by atoms with Gasteiger partial charge in [0.1, 0.15) is 0 Å². The van der Waals surface area contributed by atoms with Crippen molar-refractivity contribution in [3.8, 4) is 0 Å². The molecule has 6 nitrogen and oxygen atoms in total. The van der Waals surface area contributed by atoms with Gasteiger partial charge in [-0.15, -0.1) is 0 Å². The molecular weight excluding hydrogens is 326 g/mol. The Bertz CT molecular complexity index is 678. The third kappa shape index (κ3) is 4.34. The van der Waals surface area contributed by atoms with E-state index in [4.69, 9.17) is 0 Å². The van der Waals surface area contributed by atoms with E-state index in [2.05, 4.69) is 15.4 Å². The Balaban J connectivity index is 1.64. The summed E-state index contributed by atoms with van der Waals surface area (Å²) in [6.07, 6.45) is 6.07. The summed E-state index contributed by atoms with van der Waals surface area (Å²) in [5, 5.41) is 6.19. The van der Waals surface area contributed by atoms with Gasteiger partial charge in [0.05, 0.1) is 4.90 Å². The molecule has 132 valence electrons. The zero-order valence-electron chi connectivity index (χ0n) is 13.8. The summed E-state index contributed by atoms with van der Waals surface area (Å²) in [6, 6.07) is 6.57. The van der Waals surface area contributed by atoms with E-state index in [1.807, 2.05) is 0 Å². The number of rotatable bonds is 6. The quantitative estimate of drug-likeness (QED) is 0.723. The van der Waals surface area contributed by atoms with Crippen molar-refractivity contribution in [2.75, 3.05) is 13.1 Å². The third-order valence-electron chi connectivity index (χ3n) is 4.75. The van der Waals surface area contributed by atoms with Crippen molar-refractivity contribution in [2.45, 2.75) is 55.5 Å². The molecule has 3 N–H and O–H groups in total. The first-order valence-electron chi connectivity index (χ1n) is 8.68. The summed E-state index contributed by atoms with van der Waals surface area (Å²) in [5.41, 5.74) is 0.377. The van der Waals surface area contributed by atoms with E-state index in [1.165, 1.54) is 12.1 Å². The molecule has 1 unspecified atom stereocenters. The lowest BCUT2D eigenvalue weighted by molar-refractivity contribution is 0.0950. The number of benzene rings is 1. The Morgan fingerprint density at radius 3 is 2.67 bits per heavy atom. The summed E-state index contributed by atoms with van der Waals surface area (Å²) >= 11 is 0. The van der Waals surface area contributed by atoms with Crippen LogP contribution in [0.15, 0.2) is 29.2 Å². The van der Waals surface area contributed by atoms with E-state index in [0.717, 1.165) is 45.1 Å². The molecule has 0 bridgehead atoms. The summed E-state index contributed by atoms with van der Waals surface area (Å²) in [6.45, 7) is 1.55. The van der Waals surface area contributed by atoms with Crippen LogP contribution < -0.4 is 15.4 Å². The maximum absolute atomic E-state index is 12.5. The van der Waals surface area contributed by atoms with Crippen molar-refractivity contribution in [2.24, 2.45) is 0 Å². The van der Waals surface area contributed by atoms with Gasteiger partial charge in [-0.2, -0.15) is 0 Å². The van der Waals surface area contributed by atoms with Crippen LogP contribution in [-0.2, 0) is 10.0 Å². The van der Waals surface area contributed by atoms with Crippen molar-refractivity contribution in [3.05, 3.63) is 29.8 Å². The highest BCUT2D eigenvalue weighted by Gasteiger charge is 2.23. The van der Waals surface area contributed by atoms with Gasteiger partial charge in [0.15, 0.2) is 0 Å². The number of carbonyl (C=O) groups excluding carboxylic acids is 1. The fraction of sp³-hybridized carbons (Fsp3) is 0.588. The normalized spacial score (nSPS) is 21.9. The predicted octanol–water partition coefficient (Wildman–Crippen LogP) is 1.39. The minimum Gasteiger partial charge on any atom is -0.350 e. The topological polar surface area (TPSA) is 87.3 Å². The SMILES string of the molecule is O=C(NCC1CCCN1)c1cccc(S(=O)(=O)NC2CCCC2)c1. The highest BCUT2D eigenvalue weighted by Crippen LogP contribution is 2.20. The van der Waals surface area contributed by atoms with Gasteiger partial charge >= 0.3 is 0 Å². The van der Waals surface area contributed by atoms with Crippen molar-refractivity contribution in [3.63, 3.8) is 0 Å². The molecule has 2 fully saturated rings. The molecule has 1 saturated heterocycles. The second-order valence-electron chi connectivity index (χ2n) is 6.63. The molecular formula is C17H25N3O3S. The average Bonchev–Trinajstić information content (AvgIpc) is 3.26. The maximum Gasteiger partial charge on any atom is 0.251 e.